The van der Waals surface area contributed by atoms with Crippen molar-refractivity contribution in [2.24, 2.45) is 5.73 Å². The van der Waals surface area contributed by atoms with Gasteiger partial charge in [0.15, 0.2) is 0 Å². The second-order valence-electron chi connectivity index (χ2n) is 5.30. The number of ether oxygens (including phenoxy) is 1. The van der Waals surface area contributed by atoms with E-state index in [-0.39, 0.29) is 24.1 Å². The van der Waals surface area contributed by atoms with E-state index in [1.807, 2.05) is 18.2 Å². The molecule has 2 aromatic carbocycles. The number of amides is 1. The van der Waals surface area contributed by atoms with Gasteiger partial charge in [0, 0.05) is 12.2 Å². The molecule has 6 heteroatoms. The van der Waals surface area contributed by atoms with Crippen molar-refractivity contribution in [3.63, 3.8) is 0 Å². The maximum Gasteiger partial charge on any atom is 0.243 e. The minimum absolute atomic E-state index is 0. The Labute approximate surface area is 140 Å². The molecule has 2 aromatic rings. The van der Waals surface area contributed by atoms with E-state index in [2.05, 4.69) is 0 Å². The average molecular weight is 337 g/mol. The first-order chi connectivity index (χ1) is 10.6. The minimum Gasteiger partial charge on any atom is -0.489 e. The number of rotatable bonds is 4. The second-order valence-corrected chi connectivity index (χ2v) is 5.30. The maximum absolute atomic E-state index is 13.1. The van der Waals surface area contributed by atoms with Gasteiger partial charge in [0.1, 0.15) is 18.2 Å². The maximum atomic E-state index is 13.1. The minimum atomic E-state index is -0.399. The van der Waals surface area contributed by atoms with Crippen LogP contribution in [0.15, 0.2) is 48.5 Å². The number of hydrogen-bond donors (Lipinski definition) is 1. The number of benzene rings is 2. The number of hydrogen-bond acceptors (Lipinski definition) is 3. The smallest absolute Gasteiger partial charge is 0.243 e. The molecule has 0 aromatic heterocycles. The lowest BCUT2D eigenvalue weighted by atomic mass is 10.2. The quantitative estimate of drug-likeness (QED) is 0.934. The highest BCUT2D eigenvalue weighted by Crippen LogP contribution is 2.24. The zero-order chi connectivity index (χ0) is 15.5. The normalized spacial score (nSPS) is 17.0. The van der Waals surface area contributed by atoms with Crippen molar-refractivity contribution in [2.45, 2.75) is 19.1 Å². The molecule has 2 N–H and O–H groups in total. The van der Waals surface area contributed by atoms with Crippen LogP contribution < -0.4 is 15.4 Å². The first-order valence-electron chi connectivity index (χ1n) is 7.18. The van der Waals surface area contributed by atoms with E-state index in [0.29, 0.717) is 25.3 Å². The molecule has 1 heterocycles. The van der Waals surface area contributed by atoms with Crippen molar-refractivity contribution in [3.05, 3.63) is 59.9 Å². The number of nitrogens with zero attached hydrogens (tertiary/aromatic N) is 1. The molecule has 1 unspecified atom stereocenters. The number of halogens is 2. The zero-order valence-electron chi connectivity index (χ0n) is 12.4. The summed E-state index contributed by atoms with van der Waals surface area (Å²) < 4.78 is 18.7. The van der Waals surface area contributed by atoms with Gasteiger partial charge in [0.2, 0.25) is 5.91 Å². The molecule has 0 saturated carbocycles. The van der Waals surface area contributed by atoms with Crippen LogP contribution >= 0.6 is 12.4 Å². The summed E-state index contributed by atoms with van der Waals surface area (Å²) in [4.78, 5) is 13.5. The van der Waals surface area contributed by atoms with Gasteiger partial charge < -0.3 is 15.4 Å². The Kier molecular flexibility index (Phi) is 5.58. The van der Waals surface area contributed by atoms with Crippen molar-refractivity contribution in [1.82, 2.24) is 0 Å². The number of nitrogens with two attached hydrogens (primary N) is 1. The van der Waals surface area contributed by atoms with E-state index in [1.165, 1.54) is 12.1 Å². The SMILES string of the molecule is Cl.NC1CCN(c2ccc(OCc3cccc(F)c3)cc2)C1=O. The highest BCUT2D eigenvalue weighted by molar-refractivity contribution is 5.99. The molecule has 3 rings (SSSR count). The van der Waals surface area contributed by atoms with Crippen LogP contribution in [0.2, 0.25) is 0 Å². The van der Waals surface area contributed by atoms with E-state index in [1.54, 1.807) is 23.1 Å². The summed E-state index contributed by atoms with van der Waals surface area (Å²) in [5.74, 6) is 0.345. The summed E-state index contributed by atoms with van der Waals surface area (Å²) >= 11 is 0. The molecular formula is C17H18ClFN2O2. The fourth-order valence-corrected chi connectivity index (χ4v) is 2.47. The van der Waals surface area contributed by atoms with Crippen LogP contribution in [0.1, 0.15) is 12.0 Å². The summed E-state index contributed by atoms with van der Waals surface area (Å²) in [5, 5.41) is 0. The number of anilines is 1. The number of carbonyl (C=O) groups is 1. The predicted molar refractivity (Wildman–Crippen MR) is 89.4 cm³/mol. The van der Waals surface area contributed by atoms with Gasteiger partial charge in [-0.25, -0.2) is 4.39 Å². The zero-order valence-corrected chi connectivity index (χ0v) is 13.3. The van der Waals surface area contributed by atoms with Crippen LogP contribution in [-0.4, -0.2) is 18.5 Å². The summed E-state index contributed by atoms with van der Waals surface area (Å²) in [6, 6.07) is 13.2. The lowest BCUT2D eigenvalue weighted by molar-refractivity contribution is -0.118. The monoisotopic (exact) mass is 336 g/mol. The lowest BCUT2D eigenvalue weighted by Crippen LogP contribution is -2.33. The fraction of sp³-hybridized carbons (Fsp3) is 0.235. The van der Waals surface area contributed by atoms with Gasteiger partial charge in [0.05, 0.1) is 6.04 Å². The highest BCUT2D eigenvalue weighted by Gasteiger charge is 2.29. The predicted octanol–water partition coefficient (Wildman–Crippen LogP) is 2.89. The Hall–Kier alpha value is -2.11. The van der Waals surface area contributed by atoms with Crippen molar-refractivity contribution in [2.75, 3.05) is 11.4 Å². The summed E-state index contributed by atoms with van der Waals surface area (Å²) in [7, 11) is 0. The third kappa shape index (κ3) is 4.00. The van der Waals surface area contributed by atoms with E-state index in [4.69, 9.17) is 10.5 Å². The standard InChI is InChI=1S/C17H17FN2O2.ClH/c18-13-3-1-2-12(10-13)11-22-15-6-4-14(5-7-15)20-9-8-16(19)17(20)21;/h1-7,10,16H,8-9,11,19H2;1H. The van der Waals surface area contributed by atoms with E-state index >= 15 is 0 Å². The van der Waals surface area contributed by atoms with E-state index in [9.17, 15) is 9.18 Å². The Bertz CT molecular complexity index is 679. The average Bonchev–Trinajstić information content (AvgIpc) is 2.86. The molecule has 1 saturated heterocycles. The Morgan fingerprint density at radius 2 is 1.96 bits per heavy atom. The third-order valence-electron chi connectivity index (χ3n) is 3.69. The van der Waals surface area contributed by atoms with E-state index < -0.39 is 6.04 Å². The van der Waals surface area contributed by atoms with Gasteiger partial charge in [-0.3, -0.25) is 4.79 Å². The molecule has 1 aliphatic heterocycles. The molecule has 0 radical (unpaired) electrons. The summed E-state index contributed by atoms with van der Waals surface area (Å²) in [6.45, 7) is 0.939. The molecule has 0 aliphatic carbocycles. The van der Waals surface area contributed by atoms with E-state index in [0.717, 1.165) is 11.3 Å². The largest absolute Gasteiger partial charge is 0.489 e. The van der Waals surface area contributed by atoms with Crippen LogP contribution in [0.5, 0.6) is 5.75 Å². The molecule has 4 nitrogen and oxygen atoms in total. The highest BCUT2D eigenvalue weighted by atomic mass is 35.5. The molecule has 0 bridgehead atoms. The van der Waals surface area contributed by atoms with Crippen LogP contribution in [0, 0.1) is 5.82 Å². The molecule has 0 spiro atoms. The van der Waals surface area contributed by atoms with Gasteiger partial charge in [-0.15, -0.1) is 12.4 Å². The third-order valence-corrected chi connectivity index (χ3v) is 3.69. The molecule has 23 heavy (non-hydrogen) atoms. The van der Waals surface area contributed by atoms with Gasteiger partial charge in [-0.1, -0.05) is 12.1 Å². The molecule has 1 aliphatic rings. The molecule has 1 amide bonds. The van der Waals surface area contributed by atoms with Crippen LogP contribution in [0.25, 0.3) is 0 Å². The molecule has 122 valence electrons. The van der Waals surface area contributed by atoms with Gasteiger partial charge >= 0.3 is 0 Å². The molecule has 1 atom stereocenters. The Morgan fingerprint density at radius 3 is 2.57 bits per heavy atom. The Morgan fingerprint density at radius 1 is 1.22 bits per heavy atom. The van der Waals surface area contributed by atoms with Crippen LogP contribution in [-0.2, 0) is 11.4 Å². The fourth-order valence-electron chi connectivity index (χ4n) is 2.47. The first-order valence-corrected chi connectivity index (χ1v) is 7.18. The van der Waals surface area contributed by atoms with Gasteiger partial charge in [-0.05, 0) is 48.4 Å². The number of carbonyl (C=O) groups excluding carboxylic acids is 1. The molecule has 1 fully saturated rings. The Balaban J connectivity index is 0.00000192. The summed E-state index contributed by atoms with van der Waals surface area (Å²) in [6.07, 6.45) is 0.677. The van der Waals surface area contributed by atoms with Gasteiger partial charge in [-0.2, -0.15) is 0 Å². The first kappa shape index (κ1) is 17.2. The molecular weight excluding hydrogens is 319 g/mol. The van der Waals surface area contributed by atoms with Crippen molar-refractivity contribution in [1.29, 1.82) is 0 Å². The van der Waals surface area contributed by atoms with Gasteiger partial charge in [0.25, 0.3) is 0 Å². The van der Waals surface area contributed by atoms with Crippen molar-refractivity contribution >= 4 is 24.0 Å². The topological polar surface area (TPSA) is 55.6 Å². The van der Waals surface area contributed by atoms with Crippen LogP contribution in [0.4, 0.5) is 10.1 Å². The van der Waals surface area contributed by atoms with Crippen LogP contribution in [0.3, 0.4) is 0 Å². The van der Waals surface area contributed by atoms with Crippen molar-refractivity contribution < 1.29 is 13.9 Å². The second kappa shape index (κ2) is 7.44. The summed E-state index contributed by atoms with van der Waals surface area (Å²) in [5.41, 5.74) is 7.30. The van der Waals surface area contributed by atoms with Crippen molar-refractivity contribution in [3.8, 4) is 5.75 Å². The lowest BCUT2D eigenvalue weighted by Gasteiger charge is -2.16.